The molecule has 5 heteroatoms. The summed E-state index contributed by atoms with van der Waals surface area (Å²) in [6, 6.07) is 11.4. The maximum Gasteiger partial charge on any atom is 0.251 e. The number of carbonyl (C=O) groups excluding carboxylic acids is 1. The summed E-state index contributed by atoms with van der Waals surface area (Å²) in [4.78, 5) is 11.8. The number of rotatable bonds is 4. The van der Waals surface area contributed by atoms with Crippen molar-refractivity contribution in [1.82, 2.24) is 5.32 Å². The van der Waals surface area contributed by atoms with Crippen LogP contribution in [0.3, 0.4) is 0 Å². The highest BCUT2D eigenvalue weighted by atomic mass is 79.9. The third-order valence-corrected chi connectivity index (χ3v) is 3.35. The molecule has 1 amide bonds. The molecule has 104 valence electrons. The average molecular weight is 337 g/mol. The Morgan fingerprint density at radius 2 is 1.90 bits per heavy atom. The fourth-order valence-corrected chi connectivity index (χ4v) is 2.19. The van der Waals surface area contributed by atoms with Crippen molar-refractivity contribution in [3.05, 3.63) is 63.9 Å². The zero-order chi connectivity index (χ0) is 14.5. The zero-order valence-corrected chi connectivity index (χ0v) is 12.3. The molecule has 0 aliphatic rings. The molecule has 3 nitrogen and oxygen atoms in total. The van der Waals surface area contributed by atoms with Gasteiger partial charge in [0.25, 0.3) is 5.91 Å². The van der Waals surface area contributed by atoms with E-state index in [0.29, 0.717) is 29.8 Å². The first-order valence-corrected chi connectivity index (χ1v) is 6.93. The Kier molecular flexibility index (Phi) is 4.74. The second kappa shape index (κ2) is 6.52. The second-order valence-electron chi connectivity index (χ2n) is 4.36. The van der Waals surface area contributed by atoms with Gasteiger partial charge in [-0.15, -0.1) is 0 Å². The lowest BCUT2D eigenvalue weighted by molar-refractivity contribution is 0.0954. The summed E-state index contributed by atoms with van der Waals surface area (Å²) in [5.74, 6) is -0.463. The molecule has 0 heterocycles. The molecule has 0 unspecified atom stereocenters. The lowest BCUT2D eigenvalue weighted by atomic mass is 10.1. The number of benzene rings is 2. The number of halogens is 2. The highest BCUT2D eigenvalue weighted by molar-refractivity contribution is 9.10. The topological polar surface area (TPSA) is 55.1 Å². The second-order valence-corrected chi connectivity index (χ2v) is 5.28. The molecule has 0 spiro atoms. The van der Waals surface area contributed by atoms with Gasteiger partial charge in [0.15, 0.2) is 0 Å². The quantitative estimate of drug-likeness (QED) is 0.842. The number of nitrogens with one attached hydrogen (secondary N) is 1. The van der Waals surface area contributed by atoms with Crippen LogP contribution in [0.15, 0.2) is 46.9 Å². The van der Waals surface area contributed by atoms with Gasteiger partial charge in [-0.2, -0.15) is 0 Å². The molecule has 0 saturated carbocycles. The lowest BCUT2D eigenvalue weighted by Gasteiger charge is -2.07. The van der Waals surface area contributed by atoms with Crippen molar-refractivity contribution < 1.29 is 9.18 Å². The van der Waals surface area contributed by atoms with Gasteiger partial charge in [0.05, 0.1) is 0 Å². The Balaban J connectivity index is 1.91. The summed E-state index contributed by atoms with van der Waals surface area (Å²) in [6.07, 6.45) is 0.436. The minimum atomic E-state index is -0.269. The Labute approximate surface area is 125 Å². The molecule has 3 N–H and O–H groups in total. The Morgan fingerprint density at radius 3 is 2.60 bits per heavy atom. The number of nitrogens with two attached hydrogens (primary N) is 1. The standard InChI is InChI=1S/C15H14BrFN2O/c16-12-3-6-14(17)11(9-12)7-8-19-15(20)10-1-4-13(18)5-2-10/h1-6,9H,7-8,18H2,(H,19,20). The van der Waals surface area contributed by atoms with Crippen LogP contribution in [0.5, 0.6) is 0 Å². The van der Waals surface area contributed by atoms with Crippen LogP contribution in [0, 0.1) is 5.82 Å². The molecule has 0 aromatic heterocycles. The van der Waals surface area contributed by atoms with Crippen LogP contribution in [0.25, 0.3) is 0 Å². The third-order valence-electron chi connectivity index (χ3n) is 2.86. The number of anilines is 1. The van der Waals surface area contributed by atoms with Crippen molar-refractivity contribution in [2.45, 2.75) is 6.42 Å². The van der Waals surface area contributed by atoms with E-state index in [4.69, 9.17) is 5.73 Å². The van der Waals surface area contributed by atoms with E-state index in [1.54, 1.807) is 36.4 Å². The largest absolute Gasteiger partial charge is 0.399 e. The van der Waals surface area contributed by atoms with E-state index in [9.17, 15) is 9.18 Å². The van der Waals surface area contributed by atoms with Crippen molar-refractivity contribution in [2.75, 3.05) is 12.3 Å². The molecule has 2 aromatic carbocycles. The molecule has 0 fully saturated rings. The van der Waals surface area contributed by atoms with Gasteiger partial charge < -0.3 is 11.1 Å². The predicted molar refractivity (Wildman–Crippen MR) is 81.0 cm³/mol. The molecule has 0 saturated heterocycles. The zero-order valence-electron chi connectivity index (χ0n) is 10.7. The van der Waals surface area contributed by atoms with Crippen LogP contribution >= 0.6 is 15.9 Å². The minimum Gasteiger partial charge on any atom is -0.399 e. The van der Waals surface area contributed by atoms with Crippen LogP contribution in [-0.4, -0.2) is 12.5 Å². The summed E-state index contributed by atoms with van der Waals surface area (Å²) in [5.41, 5.74) is 7.27. The highest BCUT2D eigenvalue weighted by Gasteiger charge is 2.06. The molecule has 0 aliphatic carbocycles. The first-order chi connectivity index (χ1) is 9.56. The first-order valence-electron chi connectivity index (χ1n) is 6.14. The summed E-state index contributed by atoms with van der Waals surface area (Å²) in [5, 5.41) is 2.75. The Morgan fingerprint density at radius 1 is 1.20 bits per heavy atom. The average Bonchev–Trinajstić information content (AvgIpc) is 2.43. The van der Waals surface area contributed by atoms with E-state index < -0.39 is 0 Å². The van der Waals surface area contributed by atoms with Crippen molar-refractivity contribution in [2.24, 2.45) is 0 Å². The van der Waals surface area contributed by atoms with Crippen LogP contribution in [0.2, 0.25) is 0 Å². The van der Waals surface area contributed by atoms with Gasteiger partial charge >= 0.3 is 0 Å². The van der Waals surface area contributed by atoms with Gasteiger partial charge in [0.1, 0.15) is 5.82 Å². The Bertz CT molecular complexity index is 614. The number of hydrogen-bond acceptors (Lipinski definition) is 2. The monoisotopic (exact) mass is 336 g/mol. The smallest absolute Gasteiger partial charge is 0.251 e. The predicted octanol–water partition coefficient (Wildman–Crippen LogP) is 3.14. The van der Waals surface area contributed by atoms with Crippen LogP contribution in [0.4, 0.5) is 10.1 Å². The molecule has 0 atom stereocenters. The number of amides is 1. The van der Waals surface area contributed by atoms with E-state index in [1.165, 1.54) is 6.07 Å². The normalized spacial score (nSPS) is 10.3. The van der Waals surface area contributed by atoms with Gasteiger partial charge in [0, 0.05) is 22.3 Å². The number of carbonyl (C=O) groups is 1. The fraction of sp³-hybridized carbons (Fsp3) is 0.133. The summed E-state index contributed by atoms with van der Waals surface area (Å²) >= 11 is 3.29. The van der Waals surface area contributed by atoms with Crippen LogP contribution in [0.1, 0.15) is 15.9 Å². The van der Waals surface area contributed by atoms with E-state index in [2.05, 4.69) is 21.2 Å². The molecular formula is C15H14BrFN2O. The van der Waals surface area contributed by atoms with Crippen LogP contribution in [-0.2, 0) is 6.42 Å². The van der Waals surface area contributed by atoms with Crippen LogP contribution < -0.4 is 11.1 Å². The molecule has 2 aromatic rings. The summed E-state index contributed by atoms with van der Waals surface area (Å²) < 4.78 is 14.3. The van der Waals surface area contributed by atoms with Crippen molar-refractivity contribution >= 4 is 27.5 Å². The molecule has 0 aliphatic heterocycles. The summed E-state index contributed by atoms with van der Waals surface area (Å²) in [7, 11) is 0. The van der Waals surface area contributed by atoms with Crippen molar-refractivity contribution in [3.63, 3.8) is 0 Å². The summed E-state index contributed by atoms with van der Waals surface area (Å²) in [6.45, 7) is 0.372. The maximum atomic E-state index is 13.5. The van der Waals surface area contributed by atoms with Gasteiger partial charge in [-0.3, -0.25) is 4.79 Å². The van der Waals surface area contributed by atoms with Gasteiger partial charge in [-0.1, -0.05) is 15.9 Å². The highest BCUT2D eigenvalue weighted by Crippen LogP contribution is 2.15. The fourth-order valence-electron chi connectivity index (χ4n) is 1.78. The molecular weight excluding hydrogens is 323 g/mol. The Hall–Kier alpha value is -1.88. The van der Waals surface area contributed by atoms with E-state index >= 15 is 0 Å². The van der Waals surface area contributed by atoms with Crippen molar-refractivity contribution in [1.29, 1.82) is 0 Å². The molecule has 2 rings (SSSR count). The number of hydrogen-bond donors (Lipinski definition) is 2. The number of nitrogen functional groups attached to an aromatic ring is 1. The van der Waals surface area contributed by atoms with Gasteiger partial charge in [-0.05, 0) is 54.4 Å². The maximum absolute atomic E-state index is 13.5. The minimum absolute atomic E-state index is 0.194. The molecule has 0 radical (unpaired) electrons. The molecule has 0 bridgehead atoms. The van der Waals surface area contributed by atoms with Crippen molar-refractivity contribution in [3.8, 4) is 0 Å². The van der Waals surface area contributed by atoms with Gasteiger partial charge in [-0.25, -0.2) is 4.39 Å². The third kappa shape index (κ3) is 3.81. The molecule has 20 heavy (non-hydrogen) atoms. The first kappa shape index (κ1) is 14.5. The van der Waals surface area contributed by atoms with Gasteiger partial charge in [0.2, 0.25) is 0 Å². The van der Waals surface area contributed by atoms with E-state index in [1.807, 2.05) is 0 Å². The van der Waals surface area contributed by atoms with E-state index in [0.717, 1.165) is 4.47 Å². The van der Waals surface area contributed by atoms with E-state index in [-0.39, 0.29) is 11.7 Å². The lowest BCUT2D eigenvalue weighted by Crippen LogP contribution is -2.25. The SMILES string of the molecule is Nc1ccc(C(=O)NCCc2cc(Br)ccc2F)cc1.